The zero-order chi connectivity index (χ0) is 17.8. The average molecular weight is 364 g/mol. The van der Waals surface area contributed by atoms with Crippen LogP contribution in [-0.4, -0.2) is 45.7 Å². The molecule has 1 atom stereocenters. The number of thioether (sulfide) groups is 1. The lowest BCUT2D eigenvalue weighted by molar-refractivity contribution is -0.142. The van der Waals surface area contributed by atoms with Crippen LogP contribution in [0.2, 0.25) is 0 Å². The Bertz CT molecular complexity index is 794. The summed E-state index contributed by atoms with van der Waals surface area (Å²) in [5, 5.41) is 9.06. The molecule has 0 saturated carbocycles. The number of esters is 1. The Balaban J connectivity index is 1.61. The second kappa shape index (κ2) is 7.43. The maximum atomic E-state index is 12.3. The molecule has 1 aliphatic rings. The zero-order valence-corrected chi connectivity index (χ0v) is 14.4. The lowest BCUT2D eigenvalue weighted by atomic mass is 10.2. The summed E-state index contributed by atoms with van der Waals surface area (Å²) in [6.07, 6.45) is 0. The summed E-state index contributed by atoms with van der Waals surface area (Å²) in [6.45, 7) is 3.89. The SMILES string of the molecule is CCOC(=O)C(C)Sc1n[nH]c(NC(=O)c2ccc3c(c2)OCO3)n1. The molecular formula is C15H16N4O5S. The smallest absolute Gasteiger partial charge is 0.319 e. The van der Waals surface area contributed by atoms with Gasteiger partial charge >= 0.3 is 5.97 Å². The van der Waals surface area contributed by atoms with Gasteiger partial charge in [0.15, 0.2) is 11.5 Å². The van der Waals surface area contributed by atoms with E-state index in [1.807, 2.05) is 0 Å². The van der Waals surface area contributed by atoms with Gasteiger partial charge in [-0.15, -0.1) is 5.10 Å². The van der Waals surface area contributed by atoms with Crippen LogP contribution in [0, 0.1) is 0 Å². The highest BCUT2D eigenvalue weighted by atomic mass is 32.2. The molecule has 10 heteroatoms. The Labute approximate surface area is 147 Å². The number of nitrogens with one attached hydrogen (secondary N) is 2. The molecule has 132 valence electrons. The molecule has 2 heterocycles. The molecule has 3 rings (SSSR count). The van der Waals surface area contributed by atoms with Crippen LogP contribution in [0.4, 0.5) is 5.95 Å². The van der Waals surface area contributed by atoms with Crippen LogP contribution in [0.1, 0.15) is 24.2 Å². The van der Waals surface area contributed by atoms with E-state index in [2.05, 4.69) is 20.5 Å². The van der Waals surface area contributed by atoms with Gasteiger partial charge in [-0.25, -0.2) is 5.10 Å². The number of H-pyrrole nitrogens is 1. The fourth-order valence-electron chi connectivity index (χ4n) is 2.04. The van der Waals surface area contributed by atoms with Crippen molar-refractivity contribution in [2.45, 2.75) is 24.3 Å². The molecule has 1 aromatic carbocycles. The highest BCUT2D eigenvalue weighted by molar-refractivity contribution is 8.00. The third-order valence-electron chi connectivity index (χ3n) is 3.23. The number of amides is 1. The van der Waals surface area contributed by atoms with Gasteiger partial charge in [0, 0.05) is 5.56 Å². The number of ether oxygens (including phenoxy) is 3. The van der Waals surface area contributed by atoms with Crippen molar-refractivity contribution in [3.05, 3.63) is 23.8 Å². The van der Waals surface area contributed by atoms with Gasteiger partial charge in [0.25, 0.3) is 5.91 Å². The molecule has 2 N–H and O–H groups in total. The average Bonchev–Trinajstić information content (AvgIpc) is 3.23. The quantitative estimate of drug-likeness (QED) is 0.589. The molecule has 9 nitrogen and oxygen atoms in total. The van der Waals surface area contributed by atoms with E-state index < -0.39 is 5.25 Å². The van der Waals surface area contributed by atoms with E-state index >= 15 is 0 Å². The molecule has 0 bridgehead atoms. The van der Waals surface area contributed by atoms with Gasteiger partial charge in [0.05, 0.1) is 6.61 Å². The summed E-state index contributed by atoms with van der Waals surface area (Å²) in [4.78, 5) is 28.0. The highest BCUT2D eigenvalue weighted by Gasteiger charge is 2.20. The van der Waals surface area contributed by atoms with Crippen LogP contribution in [0.25, 0.3) is 0 Å². The maximum absolute atomic E-state index is 12.3. The van der Waals surface area contributed by atoms with Crippen molar-refractivity contribution in [3.8, 4) is 11.5 Å². The van der Waals surface area contributed by atoms with E-state index in [4.69, 9.17) is 14.2 Å². The lowest BCUT2D eigenvalue weighted by Crippen LogP contribution is -2.16. The minimum Gasteiger partial charge on any atom is -0.465 e. The van der Waals surface area contributed by atoms with Crippen molar-refractivity contribution in [1.29, 1.82) is 0 Å². The molecule has 1 unspecified atom stereocenters. The largest absolute Gasteiger partial charge is 0.465 e. The first-order valence-electron chi connectivity index (χ1n) is 7.53. The van der Waals surface area contributed by atoms with Crippen LogP contribution in [-0.2, 0) is 9.53 Å². The second-order valence-electron chi connectivity index (χ2n) is 5.00. The van der Waals surface area contributed by atoms with E-state index in [-0.39, 0.29) is 24.6 Å². The number of anilines is 1. The molecular weight excluding hydrogens is 348 g/mol. The van der Waals surface area contributed by atoms with Crippen LogP contribution in [0.5, 0.6) is 11.5 Å². The summed E-state index contributed by atoms with van der Waals surface area (Å²) >= 11 is 1.14. The molecule has 1 aliphatic heterocycles. The summed E-state index contributed by atoms with van der Waals surface area (Å²) in [5.74, 6) is 0.585. The number of carbonyl (C=O) groups excluding carboxylic acids is 2. The van der Waals surface area contributed by atoms with E-state index in [1.165, 1.54) is 0 Å². The number of hydrogen-bond donors (Lipinski definition) is 2. The molecule has 0 radical (unpaired) electrons. The fourth-order valence-corrected chi connectivity index (χ4v) is 2.76. The van der Waals surface area contributed by atoms with Crippen molar-refractivity contribution in [3.63, 3.8) is 0 Å². The Morgan fingerprint density at radius 1 is 1.40 bits per heavy atom. The van der Waals surface area contributed by atoms with Gasteiger partial charge in [-0.3, -0.25) is 14.9 Å². The van der Waals surface area contributed by atoms with Crippen molar-refractivity contribution in [2.24, 2.45) is 0 Å². The van der Waals surface area contributed by atoms with E-state index in [1.54, 1.807) is 32.0 Å². The van der Waals surface area contributed by atoms with Crippen LogP contribution in [0.15, 0.2) is 23.4 Å². The second-order valence-corrected chi connectivity index (χ2v) is 6.31. The molecule has 2 aromatic rings. The molecule has 25 heavy (non-hydrogen) atoms. The first-order valence-corrected chi connectivity index (χ1v) is 8.41. The van der Waals surface area contributed by atoms with Crippen molar-refractivity contribution >= 4 is 29.6 Å². The maximum Gasteiger partial charge on any atom is 0.319 e. The Morgan fingerprint density at radius 2 is 2.20 bits per heavy atom. The first kappa shape index (κ1) is 17.1. The number of benzene rings is 1. The summed E-state index contributed by atoms with van der Waals surface area (Å²) in [5.41, 5.74) is 0.398. The molecule has 0 saturated heterocycles. The number of nitrogens with zero attached hydrogens (tertiary/aromatic N) is 2. The zero-order valence-electron chi connectivity index (χ0n) is 13.6. The van der Waals surface area contributed by atoms with Gasteiger partial charge in [0.1, 0.15) is 5.25 Å². The highest BCUT2D eigenvalue weighted by Crippen LogP contribution is 2.32. The number of aromatic amines is 1. The van der Waals surface area contributed by atoms with Crippen molar-refractivity contribution < 1.29 is 23.8 Å². The minimum atomic E-state index is -0.451. The van der Waals surface area contributed by atoms with Gasteiger partial charge in [0.2, 0.25) is 17.9 Å². The third-order valence-corrected chi connectivity index (χ3v) is 4.17. The van der Waals surface area contributed by atoms with Gasteiger partial charge in [-0.2, -0.15) is 4.98 Å². The fraction of sp³-hybridized carbons (Fsp3) is 0.333. The summed E-state index contributed by atoms with van der Waals surface area (Å²) in [6, 6.07) is 4.88. The van der Waals surface area contributed by atoms with Gasteiger partial charge < -0.3 is 14.2 Å². The van der Waals surface area contributed by atoms with E-state index in [9.17, 15) is 9.59 Å². The number of hydrogen-bond acceptors (Lipinski definition) is 8. The van der Waals surface area contributed by atoms with Crippen LogP contribution in [0.3, 0.4) is 0 Å². The Kier molecular flexibility index (Phi) is 5.08. The molecule has 1 amide bonds. The number of aromatic nitrogens is 3. The van der Waals surface area contributed by atoms with Crippen LogP contribution < -0.4 is 14.8 Å². The topological polar surface area (TPSA) is 115 Å². The normalized spacial score (nSPS) is 13.4. The third kappa shape index (κ3) is 4.02. The summed E-state index contributed by atoms with van der Waals surface area (Å²) in [7, 11) is 0. The first-order chi connectivity index (χ1) is 12.1. The lowest BCUT2D eigenvalue weighted by Gasteiger charge is -2.06. The molecule has 1 aromatic heterocycles. The molecule has 0 aliphatic carbocycles. The Hall–Kier alpha value is -2.75. The van der Waals surface area contributed by atoms with Crippen LogP contribution >= 0.6 is 11.8 Å². The monoisotopic (exact) mass is 364 g/mol. The number of fused-ring (bicyclic) bond motifs is 1. The van der Waals surface area contributed by atoms with Crippen molar-refractivity contribution in [2.75, 3.05) is 18.7 Å². The Morgan fingerprint density at radius 3 is 3.00 bits per heavy atom. The number of rotatable bonds is 6. The molecule has 0 spiro atoms. The summed E-state index contributed by atoms with van der Waals surface area (Å²) < 4.78 is 15.4. The minimum absolute atomic E-state index is 0.141. The van der Waals surface area contributed by atoms with E-state index in [0.717, 1.165) is 11.8 Å². The standard InChI is InChI=1S/C15H16N4O5S/c1-3-22-13(21)8(2)25-15-17-14(18-19-15)16-12(20)9-4-5-10-11(6-9)24-7-23-10/h4-6,8H,3,7H2,1-2H3,(H2,16,17,18,19,20). The van der Waals surface area contributed by atoms with Crippen molar-refractivity contribution in [1.82, 2.24) is 15.2 Å². The molecule has 0 fully saturated rings. The predicted octanol–water partition coefficient (Wildman–Crippen LogP) is 1.83. The van der Waals surface area contributed by atoms with E-state index in [0.29, 0.717) is 28.8 Å². The number of carbonyl (C=O) groups is 2. The predicted molar refractivity (Wildman–Crippen MR) is 88.9 cm³/mol. The van der Waals surface area contributed by atoms with Gasteiger partial charge in [-0.05, 0) is 32.0 Å². The van der Waals surface area contributed by atoms with Gasteiger partial charge in [-0.1, -0.05) is 11.8 Å².